The Kier molecular flexibility index (Phi) is 3.71. The van der Waals surface area contributed by atoms with Crippen LogP contribution < -0.4 is 9.47 Å². The molecular formula is C15H14O4. The average molecular weight is 258 g/mol. The predicted octanol–water partition coefficient (Wildman–Crippen LogP) is 2.99. The number of carbonyl (C=O) groups excluding carboxylic acids is 1. The number of rotatable bonds is 3. The summed E-state index contributed by atoms with van der Waals surface area (Å²) < 4.78 is 10.2. The van der Waals surface area contributed by atoms with E-state index in [1.54, 1.807) is 19.2 Å². The molecular weight excluding hydrogens is 244 g/mol. The lowest BCUT2D eigenvalue weighted by molar-refractivity contribution is -0.131. The summed E-state index contributed by atoms with van der Waals surface area (Å²) in [5.41, 5.74) is 1.60. The smallest absolute Gasteiger partial charge is 0.308 e. The second-order valence-electron chi connectivity index (χ2n) is 4.00. The molecule has 4 nitrogen and oxygen atoms in total. The second-order valence-corrected chi connectivity index (χ2v) is 4.00. The van der Waals surface area contributed by atoms with E-state index in [0.29, 0.717) is 5.75 Å². The minimum atomic E-state index is -0.430. The van der Waals surface area contributed by atoms with Crippen LogP contribution in [0.1, 0.15) is 6.92 Å². The van der Waals surface area contributed by atoms with E-state index in [1.807, 2.05) is 24.3 Å². The summed E-state index contributed by atoms with van der Waals surface area (Å²) in [4.78, 5) is 11.1. The Balaban J connectivity index is 2.44. The van der Waals surface area contributed by atoms with Crippen molar-refractivity contribution in [1.82, 2.24) is 0 Å². The largest absolute Gasteiger partial charge is 0.508 e. The highest BCUT2D eigenvalue weighted by Crippen LogP contribution is 2.33. The Morgan fingerprint density at radius 1 is 1.11 bits per heavy atom. The van der Waals surface area contributed by atoms with E-state index in [1.165, 1.54) is 13.0 Å². The Morgan fingerprint density at radius 2 is 1.79 bits per heavy atom. The van der Waals surface area contributed by atoms with Gasteiger partial charge in [0.1, 0.15) is 17.2 Å². The van der Waals surface area contributed by atoms with Crippen molar-refractivity contribution >= 4 is 5.97 Å². The highest BCUT2D eigenvalue weighted by atomic mass is 16.5. The molecule has 0 bridgehead atoms. The first-order chi connectivity index (χ1) is 9.10. The second kappa shape index (κ2) is 5.44. The molecule has 2 aromatic rings. The zero-order chi connectivity index (χ0) is 13.8. The minimum absolute atomic E-state index is 0.0495. The first kappa shape index (κ1) is 13.0. The average Bonchev–Trinajstić information content (AvgIpc) is 2.38. The molecule has 0 saturated heterocycles. The molecule has 0 aliphatic carbocycles. The normalized spacial score (nSPS) is 10.0. The zero-order valence-electron chi connectivity index (χ0n) is 10.7. The van der Waals surface area contributed by atoms with Crippen LogP contribution in [-0.2, 0) is 4.79 Å². The summed E-state index contributed by atoms with van der Waals surface area (Å²) in [5, 5.41) is 9.47. The van der Waals surface area contributed by atoms with Crippen molar-refractivity contribution in [3.8, 4) is 28.4 Å². The van der Waals surface area contributed by atoms with Crippen LogP contribution >= 0.6 is 0 Å². The van der Waals surface area contributed by atoms with Crippen molar-refractivity contribution in [3.05, 3.63) is 42.5 Å². The lowest BCUT2D eigenvalue weighted by Gasteiger charge is -2.10. The lowest BCUT2D eigenvalue weighted by Crippen LogP contribution is -2.02. The maximum atomic E-state index is 11.1. The summed E-state index contributed by atoms with van der Waals surface area (Å²) in [6.07, 6.45) is 0. The monoisotopic (exact) mass is 258 g/mol. The molecule has 0 heterocycles. The van der Waals surface area contributed by atoms with E-state index >= 15 is 0 Å². The SMILES string of the molecule is COc1ccc(-c2ccc(O)cc2OC(C)=O)cc1. The van der Waals surface area contributed by atoms with Crippen LogP contribution in [0.3, 0.4) is 0 Å². The van der Waals surface area contributed by atoms with Crippen LogP contribution in [0.2, 0.25) is 0 Å². The Bertz CT molecular complexity index is 588. The molecule has 19 heavy (non-hydrogen) atoms. The summed E-state index contributed by atoms with van der Waals surface area (Å²) in [7, 11) is 1.60. The van der Waals surface area contributed by atoms with E-state index in [9.17, 15) is 9.90 Å². The van der Waals surface area contributed by atoms with Gasteiger partial charge in [-0.3, -0.25) is 4.79 Å². The topological polar surface area (TPSA) is 55.8 Å². The van der Waals surface area contributed by atoms with Gasteiger partial charge in [0.25, 0.3) is 0 Å². The molecule has 2 aromatic carbocycles. The molecule has 0 aliphatic heterocycles. The molecule has 4 heteroatoms. The van der Waals surface area contributed by atoms with Crippen LogP contribution in [0.4, 0.5) is 0 Å². The molecule has 1 N–H and O–H groups in total. The number of aromatic hydroxyl groups is 1. The Morgan fingerprint density at radius 3 is 2.37 bits per heavy atom. The van der Waals surface area contributed by atoms with Gasteiger partial charge < -0.3 is 14.6 Å². The van der Waals surface area contributed by atoms with Gasteiger partial charge in [0.2, 0.25) is 0 Å². The molecule has 0 amide bonds. The maximum Gasteiger partial charge on any atom is 0.308 e. The fraction of sp³-hybridized carbons (Fsp3) is 0.133. The third kappa shape index (κ3) is 3.04. The van der Waals surface area contributed by atoms with Crippen molar-refractivity contribution in [1.29, 1.82) is 0 Å². The molecule has 0 aromatic heterocycles. The number of methoxy groups -OCH3 is 1. The lowest BCUT2D eigenvalue weighted by atomic mass is 10.0. The first-order valence-electron chi connectivity index (χ1n) is 5.76. The van der Waals surface area contributed by atoms with Gasteiger partial charge in [-0.2, -0.15) is 0 Å². The van der Waals surface area contributed by atoms with E-state index in [0.717, 1.165) is 16.9 Å². The Labute approximate surface area is 111 Å². The van der Waals surface area contributed by atoms with Gasteiger partial charge in [-0.25, -0.2) is 0 Å². The van der Waals surface area contributed by atoms with Gasteiger partial charge in [-0.1, -0.05) is 12.1 Å². The van der Waals surface area contributed by atoms with E-state index in [4.69, 9.17) is 9.47 Å². The molecule has 0 atom stereocenters. The van der Waals surface area contributed by atoms with E-state index < -0.39 is 5.97 Å². The molecule has 0 spiro atoms. The van der Waals surface area contributed by atoms with Crippen molar-refractivity contribution in [3.63, 3.8) is 0 Å². The quantitative estimate of drug-likeness (QED) is 0.679. The third-order valence-corrected chi connectivity index (χ3v) is 2.62. The van der Waals surface area contributed by atoms with Crippen LogP contribution in [-0.4, -0.2) is 18.2 Å². The summed E-state index contributed by atoms with van der Waals surface area (Å²) in [5.74, 6) is 0.697. The fourth-order valence-electron chi connectivity index (χ4n) is 1.76. The molecule has 0 fully saturated rings. The van der Waals surface area contributed by atoms with Gasteiger partial charge in [-0.05, 0) is 29.8 Å². The number of phenolic OH excluding ortho intramolecular Hbond substituents is 1. The third-order valence-electron chi connectivity index (χ3n) is 2.62. The van der Waals surface area contributed by atoms with Gasteiger partial charge in [0.15, 0.2) is 0 Å². The van der Waals surface area contributed by atoms with Crippen molar-refractivity contribution in [2.75, 3.05) is 7.11 Å². The summed E-state index contributed by atoms with van der Waals surface area (Å²) in [6.45, 7) is 1.32. The summed E-state index contributed by atoms with van der Waals surface area (Å²) in [6, 6.07) is 12.0. The van der Waals surface area contributed by atoms with Crippen LogP contribution in [0.15, 0.2) is 42.5 Å². The van der Waals surface area contributed by atoms with Crippen molar-refractivity contribution in [2.24, 2.45) is 0 Å². The minimum Gasteiger partial charge on any atom is -0.508 e. The van der Waals surface area contributed by atoms with Gasteiger partial charge >= 0.3 is 5.97 Å². The molecule has 0 unspecified atom stereocenters. The first-order valence-corrected chi connectivity index (χ1v) is 5.76. The highest BCUT2D eigenvalue weighted by molar-refractivity contribution is 5.77. The van der Waals surface area contributed by atoms with Crippen molar-refractivity contribution in [2.45, 2.75) is 6.92 Å². The molecule has 0 radical (unpaired) electrons. The standard InChI is InChI=1S/C15H14O4/c1-10(16)19-15-9-12(17)5-8-14(15)11-3-6-13(18-2)7-4-11/h3-9,17H,1-2H3. The Hall–Kier alpha value is -2.49. The van der Waals surface area contributed by atoms with Crippen LogP contribution in [0.25, 0.3) is 11.1 Å². The highest BCUT2D eigenvalue weighted by Gasteiger charge is 2.09. The van der Waals surface area contributed by atoms with Gasteiger partial charge in [0, 0.05) is 18.6 Å². The van der Waals surface area contributed by atoms with Crippen LogP contribution in [0.5, 0.6) is 17.2 Å². The number of hydrogen-bond acceptors (Lipinski definition) is 4. The number of phenols is 1. The predicted molar refractivity (Wildman–Crippen MR) is 71.4 cm³/mol. The van der Waals surface area contributed by atoms with Gasteiger partial charge in [-0.15, -0.1) is 0 Å². The van der Waals surface area contributed by atoms with E-state index in [-0.39, 0.29) is 5.75 Å². The van der Waals surface area contributed by atoms with E-state index in [2.05, 4.69) is 0 Å². The van der Waals surface area contributed by atoms with Gasteiger partial charge in [0.05, 0.1) is 7.11 Å². The molecule has 98 valence electrons. The number of ether oxygens (including phenoxy) is 2. The number of esters is 1. The number of carbonyl (C=O) groups is 1. The molecule has 2 rings (SSSR count). The summed E-state index contributed by atoms with van der Waals surface area (Å²) >= 11 is 0. The fourth-order valence-corrected chi connectivity index (χ4v) is 1.76. The number of benzene rings is 2. The zero-order valence-corrected chi connectivity index (χ0v) is 10.7. The van der Waals surface area contributed by atoms with Crippen LogP contribution in [0, 0.1) is 0 Å². The number of hydrogen-bond donors (Lipinski definition) is 1. The molecule has 0 saturated carbocycles. The molecule has 0 aliphatic rings. The van der Waals surface area contributed by atoms with Crippen molar-refractivity contribution < 1.29 is 19.4 Å². The maximum absolute atomic E-state index is 11.1.